The standard InChI is InChI=1S/C7H7BrN4O/c8-6-1-5(4-13-6)2-12-3-7(9)10-11-12/h1,3-4H,2,9H2. The van der Waals surface area contributed by atoms with Gasteiger partial charge in [0.15, 0.2) is 10.5 Å². The lowest BCUT2D eigenvalue weighted by molar-refractivity contribution is 0.535. The van der Waals surface area contributed by atoms with Crippen molar-refractivity contribution >= 4 is 21.7 Å². The van der Waals surface area contributed by atoms with Crippen molar-refractivity contribution in [2.24, 2.45) is 0 Å². The number of anilines is 1. The van der Waals surface area contributed by atoms with Crippen LogP contribution in [0.4, 0.5) is 5.82 Å². The van der Waals surface area contributed by atoms with E-state index in [2.05, 4.69) is 26.2 Å². The predicted octanol–water partition coefficient (Wildman–Crippen LogP) is 1.26. The summed E-state index contributed by atoms with van der Waals surface area (Å²) >= 11 is 3.21. The molecule has 2 heterocycles. The first-order valence-corrected chi connectivity index (χ1v) is 4.42. The summed E-state index contributed by atoms with van der Waals surface area (Å²) in [4.78, 5) is 0. The van der Waals surface area contributed by atoms with Crippen LogP contribution in [0.2, 0.25) is 0 Å². The summed E-state index contributed by atoms with van der Waals surface area (Å²) in [6.45, 7) is 0.610. The SMILES string of the molecule is Nc1cn(Cc2coc(Br)c2)nn1. The molecule has 0 aliphatic rings. The molecule has 0 radical (unpaired) electrons. The molecule has 2 N–H and O–H groups in total. The fraction of sp³-hybridized carbons (Fsp3) is 0.143. The fourth-order valence-corrected chi connectivity index (χ4v) is 1.39. The summed E-state index contributed by atoms with van der Waals surface area (Å²) in [6.07, 6.45) is 3.32. The molecule has 0 aliphatic carbocycles. The van der Waals surface area contributed by atoms with E-state index >= 15 is 0 Å². The van der Waals surface area contributed by atoms with E-state index in [1.54, 1.807) is 17.1 Å². The van der Waals surface area contributed by atoms with Crippen LogP contribution >= 0.6 is 15.9 Å². The molecule has 2 aromatic rings. The highest BCUT2D eigenvalue weighted by atomic mass is 79.9. The van der Waals surface area contributed by atoms with Gasteiger partial charge >= 0.3 is 0 Å². The molecule has 6 heteroatoms. The summed E-state index contributed by atoms with van der Waals surface area (Å²) in [7, 11) is 0. The second-order valence-electron chi connectivity index (χ2n) is 2.60. The van der Waals surface area contributed by atoms with Crippen LogP contribution in [0.3, 0.4) is 0 Å². The van der Waals surface area contributed by atoms with Gasteiger partial charge in [-0.05, 0) is 22.0 Å². The maximum absolute atomic E-state index is 5.41. The Balaban J connectivity index is 2.14. The highest BCUT2D eigenvalue weighted by Crippen LogP contribution is 2.14. The first-order chi connectivity index (χ1) is 6.24. The lowest BCUT2D eigenvalue weighted by Crippen LogP contribution is -1.98. The number of halogens is 1. The summed E-state index contributed by atoms with van der Waals surface area (Å²) in [5.74, 6) is 0.419. The van der Waals surface area contributed by atoms with Crippen molar-refractivity contribution < 1.29 is 4.42 Å². The number of nitrogens with two attached hydrogens (primary N) is 1. The molecule has 0 unspecified atom stereocenters. The van der Waals surface area contributed by atoms with Crippen LogP contribution < -0.4 is 5.73 Å². The molecule has 0 saturated heterocycles. The van der Waals surface area contributed by atoms with Gasteiger partial charge in [0.05, 0.1) is 19.0 Å². The van der Waals surface area contributed by atoms with Crippen molar-refractivity contribution in [1.82, 2.24) is 15.0 Å². The van der Waals surface area contributed by atoms with Crippen molar-refractivity contribution in [3.63, 3.8) is 0 Å². The minimum Gasteiger partial charge on any atom is -0.457 e. The lowest BCUT2D eigenvalue weighted by atomic mass is 10.3. The molecule has 0 spiro atoms. The molecule has 5 nitrogen and oxygen atoms in total. The molecule has 0 atom stereocenters. The summed E-state index contributed by atoms with van der Waals surface area (Å²) in [5, 5.41) is 7.47. The number of rotatable bonds is 2. The van der Waals surface area contributed by atoms with E-state index in [0.29, 0.717) is 17.0 Å². The molecule has 0 aromatic carbocycles. The van der Waals surface area contributed by atoms with Crippen molar-refractivity contribution in [1.29, 1.82) is 0 Å². The van der Waals surface area contributed by atoms with Crippen LogP contribution in [0.1, 0.15) is 5.56 Å². The molecule has 0 aliphatic heterocycles. The van der Waals surface area contributed by atoms with Crippen LogP contribution in [-0.4, -0.2) is 15.0 Å². The first-order valence-electron chi connectivity index (χ1n) is 3.62. The Kier molecular flexibility index (Phi) is 2.05. The summed E-state index contributed by atoms with van der Waals surface area (Å²) in [6, 6.07) is 1.87. The fourth-order valence-electron chi connectivity index (χ4n) is 1.01. The third-order valence-corrected chi connectivity index (χ3v) is 1.94. The zero-order valence-electron chi connectivity index (χ0n) is 6.64. The molecule has 68 valence electrons. The van der Waals surface area contributed by atoms with Crippen molar-refractivity contribution in [2.75, 3.05) is 5.73 Å². The van der Waals surface area contributed by atoms with Crippen LogP contribution in [-0.2, 0) is 6.54 Å². The molecule has 0 fully saturated rings. The number of furan rings is 1. The van der Waals surface area contributed by atoms with Crippen molar-refractivity contribution in [2.45, 2.75) is 6.54 Å². The Bertz CT molecular complexity index is 370. The van der Waals surface area contributed by atoms with Crippen molar-refractivity contribution in [3.8, 4) is 0 Å². The van der Waals surface area contributed by atoms with E-state index in [1.807, 2.05) is 6.07 Å². The van der Waals surface area contributed by atoms with Gasteiger partial charge in [0.2, 0.25) is 0 Å². The van der Waals surface area contributed by atoms with Crippen LogP contribution in [0.5, 0.6) is 0 Å². The summed E-state index contributed by atoms with van der Waals surface area (Å²) < 4.78 is 7.42. The zero-order valence-corrected chi connectivity index (χ0v) is 8.23. The Morgan fingerprint density at radius 2 is 2.46 bits per heavy atom. The smallest absolute Gasteiger partial charge is 0.169 e. The Morgan fingerprint density at radius 3 is 3.00 bits per heavy atom. The predicted molar refractivity (Wildman–Crippen MR) is 49.9 cm³/mol. The van der Waals surface area contributed by atoms with Gasteiger partial charge in [0.25, 0.3) is 0 Å². The van der Waals surface area contributed by atoms with Crippen LogP contribution in [0, 0.1) is 0 Å². The lowest BCUT2D eigenvalue weighted by Gasteiger charge is -1.93. The maximum atomic E-state index is 5.41. The van der Waals surface area contributed by atoms with E-state index in [-0.39, 0.29) is 0 Å². The van der Waals surface area contributed by atoms with Gasteiger partial charge in [-0.3, -0.25) is 0 Å². The molecule has 0 amide bonds. The Labute approximate surface area is 82.7 Å². The molecular weight excluding hydrogens is 236 g/mol. The number of nitrogen functional groups attached to an aromatic ring is 1. The highest BCUT2D eigenvalue weighted by Gasteiger charge is 2.01. The number of hydrogen-bond acceptors (Lipinski definition) is 4. The van der Waals surface area contributed by atoms with Gasteiger partial charge in [0.1, 0.15) is 0 Å². The molecule has 2 rings (SSSR count). The average Bonchev–Trinajstić information content (AvgIpc) is 2.62. The minimum absolute atomic E-state index is 0.419. The zero-order chi connectivity index (χ0) is 9.26. The van der Waals surface area contributed by atoms with E-state index in [0.717, 1.165) is 5.56 Å². The first kappa shape index (κ1) is 8.31. The average molecular weight is 243 g/mol. The normalized spacial score (nSPS) is 10.5. The monoisotopic (exact) mass is 242 g/mol. The third-order valence-electron chi connectivity index (χ3n) is 1.52. The second-order valence-corrected chi connectivity index (χ2v) is 3.38. The minimum atomic E-state index is 0.419. The second kappa shape index (κ2) is 3.21. The van der Waals surface area contributed by atoms with Gasteiger partial charge in [-0.25, -0.2) is 4.68 Å². The van der Waals surface area contributed by atoms with Gasteiger partial charge in [-0.1, -0.05) is 5.21 Å². The third kappa shape index (κ3) is 1.89. The van der Waals surface area contributed by atoms with Crippen LogP contribution in [0.25, 0.3) is 0 Å². The highest BCUT2D eigenvalue weighted by molar-refractivity contribution is 9.10. The molecule has 0 saturated carbocycles. The molecule has 0 bridgehead atoms. The quantitative estimate of drug-likeness (QED) is 0.861. The number of aromatic nitrogens is 3. The summed E-state index contributed by atoms with van der Waals surface area (Å²) in [5.41, 5.74) is 6.42. The van der Waals surface area contributed by atoms with Crippen LogP contribution in [0.15, 0.2) is 27.6 Å². The largest absolute Gasteiger partial charge is 0.457 e. The van der Waals surface area contributed by atoms with Gasteiger partial charge in [-0.15, -0.1) is 5.10 Å². The Hall–Kier alpha value is -1.30. The van der Waals surface area contributed by atoms with Gasteiger partial charge in [-0.2, -0.15) is 0 Å². The van der Waals surface area contributed by atoms with E-state index in [4.69, 9.17) is 10.2 Å². The number of nitrogens with zero attached hydrogens (tertiary/aromatic N) is 3. The van der Waals surface area contributed by atoms with E-state index in [1.165, 1.54) is 0 Å². The van der Waals surface area contributed by atoms with Gasteiger partial charge in [0, 0.05) is 5.56 Å². The van der Waals surface area contributed by atoms with E-state index < -0.39 is 0 Å². The Morgan fingerprint density at radius 1 is 1.62 bits per heavy atom. The van der Waals surface area contributed by atoms with Gasteiger partial charge < -0.3 is 10.2 Å². The molecular formula is C7H7BrN4O. The van der Waals surface area contributed by atoms with E-state index in [9.17, 15) is 0 Å². The topological polar surface area (TPSA) is 69.9 Å². The number of hydrogen-bond donors (Lipinski definition) is 1. The molecule has 13 heavy (non-hydrogen) atoms. The van der Waals surface area contributed by atoms with Crippen molar-refractivity contribution in [3.05, 3.63) is 28.8 Å². The molecule has 2 aromatic heterocycles. The maximum Gasteiger partial charge on any atom is 0.169 e.